The first-order valence-electron chi connectivity index (χ1n) is 11.2. The Balaban J connectivity index is 1.28. The Morgan fingerprint density at radius 1 is 1.19 bits per heavy atom. The third kappa shape index (κ3) is 3.44. The van der Waals surface area contributed by atoms with Gasteiger partial charge >= 0.3 is 0 Å². The predicted octanol–water partition coefficient (Wildman–Crippen LogP) is 3.61. The molecule has 8 heteroatoms. The van der Waals surface area contributed by atoms with Gasteiger partial charge in [0.1, 0.15) is 5.52 Å². The molecule has 1 aliphatic heterocycles. The summed E-state index contributed by atoms with van der Waals surface area (Å²) in [5, 5.41) is 19.7. The quantitative estimate of drug-likeness (QED) is 0.502. The van der Waals surface area contributed by atoms with Crippen LogP contribution in [0.3, 0.4) is 0 Å². The van der Waals surface area contributed by atoms with Gasteiger partial charge in [0.25, 0.3) is 0 Å². The number of phenols is 1. The molecule has 2 N–H and O–H groups in total. The molecule has 0 unspecified atom stereocenters. The lowest BCUT2D eigenvalue weighted by Gasteiger charge is -2.19. The summed E-state index contributed by atoms with van der Waals surface area (Å²) in [5.41, 5.74) is 2.62. The van der Waals surface area contributed by atoms with Crippen molar-refractivity contribution in [3.05, 3.63) is 42.5 Å². The summed E-state index contributed by atoms with van der Waals surface area (Å²) in [6, 6.07) is 8.08. The zero-order valence-corrected chi connectivity index (χ0v) is 17.9. The highest BCUT2D eigenvalue weighted by atomic mass is 19.1. The number of nitrogens with zero attached hydrogens (tertiary/aromatic N) is 5. The number of hydrogen-bond donors (Lipinski definition) is 2. The molecule has 164 valence electrons. The van der Waals surface area contributed by atoms with Crippen molar-refractivity contribution in [1.82, 2.24) is 25.1 Å². The third-order valence-corrected chi connectivity index (χ3v) is 6.58. The summed E-state index contributed by atoms with van der Waals surface area (Å²) in [6.07, 6.45) is 7.45. The van der Waals surface area contributed by atoms with Crippen LogP contribution in [0.1, 0.15) is 19.3 Å². The summed E-state index contributed by atoms with van der Waals surface area (Å²) >= 11 is 0. The van der Waals surface area contributed by atoms with E-state index < -0.39 is 11.6 Å². The molecule has 1 saturated carbocycles. The minimum atomic E-state index is -0.734. The van der Waals surface area contributed by atoms with Crippen molar-refractivity contribution in [2.24, 2.45) is 13.0 Å². The van der Waals surface area contributed by atoms with Crippen LogP contribution < -0.4 is 10.2 Å². The molecule has 0 spiro atoms. The molecule has 1 aliphatic carbocycles. The number of nitrogens with one attached hydrogen (secondary N) is 1. The molecule has 1 saturated heterocycles. The number of aromatic nitrogens is 4. The van der Waals surface area contributed by atoms with Gasteiger partial charge in [0.2, 0.25) is 0 Å². The van der Waals surface area contributed by atoms with Crippen molar-refractivity contribution < 1.29 is 9.50 Å². The van der Waals surface area contributed by atoms with Gasteiger partial charge in [-0.25, -0.2) is 14.4 Å². The van der Waals surface area contributed by atoms with Crippen molar-refractivity contribution in [3.8, 4) is 17.0 Å². The van der Waals surface area contributed by atoms with Crippen molar-refractivity contribution in [2.45, 2.75) is 25.3 Å². The minimum Gasteiger partial charge on any atom is -0.504 e. The van der Waals surface area contributed by atoms with Crippen LogP contribution in [0.15, 0.2) is 36.7 Å². The molecular weight excluding hydrogens is 407 g/mol. The maximum absolute atomic E-state index is 14.7. The fourth-order valence-corrected chi connectivity index (χ4v) is 4.57. The zero-order chi connectivity index (χ0) is 21.8. The molecule has 2 aliphatic rings. The molecule has 7 nitrogen and oxygen atoms in total. The molecule has 6 rings (SSSR count). The first-order chi connectivity index (χ1) is 15.5. The molecule has 4 heterocycles. The Morgan fingerprint density at radius 2 is 2.06 bits per heavy atom. The molecule has 0 amide bonds. The highest BCUT2D eigenvalue weighted by Crippen LogP contribution is 2.36. The number of benzene rings is 1. The number of rotatable bonds is 5. The van der Waals surface area contributed by atoms with Gasteiger partial charge in [-0.1, -0.05) is 0 Å². The van der Waals surface area contributed by atoms with Gasteiger partial charge in [-0.2, -0.15) is 5.10 Å². The van der Waals surface area contributed by atoms with Gasteiger partial charge in [0.05, 0.1) is 17.6 Å². The Labute approximate surface area is 184 Å². The maximum Gasteiger partial charge on any atom is 0.193 e. The van der Waals surface area contributed by atoms with E-state index in [0.717, 1.165) is 43.0 Å². The SMILES string of the molecule is Cn1cc2cc(-c3ccc4cc(N5CC[C@@H](NCC6CC6)C5)cnc4n3)c(O)c(F)c2n1. The van der Waals surface area contributed by atoms with Crippen LogP contribution in [0.4, 0.5) is 10.1 Å². The van der Waals surface area contributed by atoms with E-state index in [-0.39, 0.29) is 5.52 Å². The average molecular weight is 433 g/mol. The van der Waals surface area contributed by atoms with Crippen molar-refractivity contribution >= 4 is 27.6 Å². The standard InChI is InChI=1S/C24H25FN6O/c1-30-12-16-9-19(23(32)21(25)22(16)29-30)20-5-4-15-8-18(11-27-24(15)28-20)31-7-6-17(13-31)26-10-14-2-3-14/h4-5,8-9,11-12,14,17,26,32H,2-3,6-7,10,13H2,1H3/t17-/m1/s1. The van der Waals surface area contributed by atoms with Crippen LogP contribution in [-0.2, 0) is 7.05 Å². The lowest BCUT2D eigenvalue weighted by Crippen LogP contribution is -2.33. The molecule has 0 radical (unpaired) electrons. The van der Waals surface area contributed by atoms with Gasteiger partial charge < -0.3 is 15.3 Å². The predicted molar refractivity (Wildman–Crippen MR) is 122 cm³/mol. The lowest BCUT2D eigenvalue weighted by molar-refractivity contribution is 0.437. The second-order valence-corrected chi connectivity index (χ2v) is 9.05. The Hall–Kier alpha value is -3.26. The number of anilines is 1. The van der Waals surface area contributed by atoms with E-state index >= 15 is 0 Å². The Kier molecular flexibility index (Phi) is 4.50. The van der Waals surface area contributed by atoms with Gasteiger partial charge in [-0.15, -0.1) is 0 Å². The minimum absolute atomic E-state index is 0.146. The van der Waals surface area contributed by atoms with Crippen LogP contribution in [0.25, 0.3) is 33.2 Å². The number of phenolic OH excluding ortho intramolecular Hbond substituents is 1. The van der Waals surface area contributed by atoms with Crippen molar-refractivity contribution in [3.63, 3.8) is 0 Å². The van der Waals surface area contributed by atoms with Crippen molar-refractivity contribution in [2.75, 3.05) is 24.5 Å². The number of pyridine rings is 2. The van der Waals surface area contributed by atoms with Gasteiger partial charge in [0, 0.05) is 48.7 Å². The number of aryl methyl sites for hydroxylation is 1. The summed E-state index contributed by atoms with van der Waals surface area (Å²) in [4.78, 5) is 11.5. The van der Waals surface area contributed by atoms with Gasteiger partial charge in [-0.3, -0.25) is 4.68 Å². The van der Waals surface area contributed by atoms with E-state index in [1.165, 1.54) is 17.5 Å². The van der Waals surface area contributed by atoms with Gasteiger partial charge in [0.15, 0.2) is 17.2 Å². The number of hydrogen-bond acceptors (Lipinski definition) is 6. The maximum atomic E-state index is 14.7. The Morgan fingerprint density at radius 3 is 2.91 bits per heavy atom. The molecular formula is C24H25FN6O. The average Bonchev–Trinajstić information content (AvgIpc) is 3.37. The highest BCUT2D eigenvalue weighted by molar-refractivity contribution is 5.89. The lowest BCUT2D eigenvalue weighted by atomic mass is 10.1. The van der Waals surface area contributed by atoms with Crippen molar-refractivity contribution in [1.29, 1.82) is 0 Å². The van der Waals surface area contributed by atoms with E-state index in [1.54, 1.807) is 25.4 Å². The molecule has 1 atom stereocenters. The highest BCUT2D eigenvalue weighted by Gasteiger charge is 2.26. The van der Waals surface area contributed by atoms with E-state index in [0.29, 0.717) is 28.3 Å². The van der Waals surface area contributed by atoms with E-state index in [9.17, 15) is 9.50 Å². The number of halogens is 1. The van der Waals surface area contributed by atoms with Crippen LogP contribution in [0.5, 0.6) is 5.75 Å². The fraction of sp³-hybridized carbons (Fsp3) is 0.375. The van der Waals surface area contributed by atoms with E-state index in [2.05, 4.69) is 31.3 Å². The van der Waals surface area contributed by atoms with Crippen LogP contribution >= 0.6 is 0 Å². The van der Waals surface area contributed by atoms with E-state index in [4.69, 9.17) is 0 Å². The molecule has 2 fully saturated rings. The smallest absolute Gasteiger partial charge is 0.193 e. The molecule has 1 aromatic carbocycles. The van der Waals surface area contributed by atoms with E-state index in [1.807, 2.05) is 12.3 Å². The third-order valence-electron chi connectivity index (χ3n) is 6.58. The van der Waals surface area contributed by atoms with Crippen LogP contribution in [0, 0.1) is 11.7 Å². The first-order valence-corrected chi connectivity index (χ1v) is 11.2. The molecule has 4 aromatic rings. The fourth-order valence-electron chi connectivity index (χ4n) is 4.57. The summed E-state index contributed by atoms with van der Waals surface area (Å²) in [7, 11) is 1.72. The monoisotopic (exact) mass is 432 g/mol. The Bertz CT molecular complexity index is 1330. The second kappa shape index (κ2) is 7.41. The topological polar surface area (TPSA) is 79.1 Å². The molecule has 3 aromatic heterocycles. The number of aromatic hydroxyl groups is 1. The molecule has 0 bridgehead atoms. The zero-order valence-electron chi connectivity index (χ0n) is 17.9. The second-order valence-electron chi connectivity index (χ2n) is 9.05. The summed E-state index contributed by atoms with van der Waals surface area (Å²) in [5.74, 6) is -0.290. The normalized spacial score (nSPS) is 18.8. The summed E-state index contributed by atoms with van der Waals surface area (Å²) in [6.45, 7) is 3.14. The number of fused-ring (bicyclic) bond motifs is 2. The largest absolute Gasteiger partial charge is 0.504 e. The van der Waals surface area contributed by atoms with Gasteiger partial charge in [-0.05, 0) is 56.0 Å². The van der Waals surface area contributed by atoms with Crippen LogP contribution in [0.2, 0.25) is 0 Å². The summed E-state index contributed by atoms with van der Waals surface area (Å²) < 4.78 is 16.2. The first kappa shape index (κ1) is 19.4. The molecule has 32 heavy (non-hydrogen) atoms. The van der Waals surface area contributed by atoms with Crippen LogP contribution in [-0.4, -0.2) is 50.5 Å².